The third-order valence-electron chi connectivity index (χ3n) is 3.76. The highest BCUT2D eigenvalue weighted by molar-refractivity contribution is 9.10. The van der Waals surface area contributed by atoms with Crippen LogP contribution in [-0.4, -0.2) is 30.5 Å². The number of hydrogen-bond acceptors (Lipinski definition) is 5. The number of nitrogens with zero attached hydrogens (tertiary/aromatic N) is 1. The zero-order valence-corrected chi connectivity index (χ0v) is 16.5. The standard InChI is InChI=1S/C19H21BrN2O4/c1-4-25-17-9-14(10-21-24)8-15(20)19(17)26-11-18(23)22-16-7-5-6-12(2)13(16)3/h5-10,24H,4,11H2,1-3H3,(H,22,23)/b21-10+. The molecule has 0 aliphatic rings. The second-order valence-electron chi connectivity index (χ2n) is 5.59. The fourth-order valence-electron chi connectivity index (χ4n) is 2.34. The molecular formula is C19H21BrN2O4. The zero-order valence-electron chi connectivity index (χ0n) is 14.9. The lowest BCUT2D eigenvalue weighted by Gasteiger charge is -2.15. The molecule has 0 unspecified atom stereocenters. The van der Waals surface area contributed by atoms with Gasteiger partial charge in [0, 0.05) is 11.3 Å². The molecule has 2 N–H and O–H groups in total. The van der Waals surface area contributed by atoms with E-state index in [-0.39, 0.29) is 12.5 Å². The molecule has 138 valence electrons. The van der Waals surface area contributed by atoms with Gasteiger partial charge in [0.25, 0.3) is 5.91 Å². The van der Waals surface area contributed by atoms with Crippen LogP contribution in [0, 0.1) is 13.8 Å². The average Bonchev–Trinajstić information content (AvgIpc) is 2.59. The van der Waals surface area contributed by atoms with Gasteiger partial charge in [-0.2, -0.15) is 0 Å². The third-order valence-corrected chi connectivity index (χ3v) is 4.35. The second kappa shape index (κ2) is 9.24. The van der Waals surface area contributed by atoms with Crippen molar-refractivity contribution in [2.24, 2.45) is 5.16 Å². The van der Waals surface area contributed by atoms with E-state index >= 15 is 0 Å². The maximum atomic E-state index is 12.3. The summed E-state index contributed by atoms with van der Waals surface area (Å²) in [6.07, 6.45) is 1.28. The number of nitrogens with one attached hydrogen (secondary N) is 1. The van der Waals surface area contributed by atoms with Crippen LogP contribution >= 0.6 is 15.9 Å². The molecule has 0 aliphatic carbocycles. The van der Waals surface area contributed by atoms with Gasteiger partial charge >= 0.3 is 0 Å². The van der Waals surface area contributed by atoms with Crippen LogP contribution in [0.25, 0.3) is 0 Å². The first-order valence-electron chi connectivity index (χ1n) is 8.08. The SMILES string of the molecule is CCOc1cc(/C=N/O)cc(Br)c1OCC(=O)Nc1cccc(C)c1C. The Labute approximate surface area is 160 Å². The van der Waals surface area contributed by atoms with E-state index in [0.717, 1.165) is 16.8 Å². The van der Waals surface area contributed by atoms with Crippen molar-refractivity contribution in [1.82, 2.24) is 0 Å². The summed E-state index contributed by atoms with van der Waals surface area (Å²) in [5.74, 6) is 0.600. The quantitative estimate of drug-likeness (QED) is 0.397. The van der Waals surface area contributed by atoms with E-state index in [4.69, 9.17) is 14.7 Å². The summed E-state index contributed by atoms with van der Waals surface area (Å²) in [5, 5.41) is 14.5. The Hall–Kier alpha value is -2.54. The van der Waals surface area contributed by atoms with Gasteiger partial charge in [0.2, 0.25) is 0 Å². The fourth-order valence-corrected chi connectivity index (χ4v) is 2.92. The summed E-state index contributed by atoms with van der Waals surface area (Å²) in [5.41, 5.74) is 3.52. The summed E-state index contributed by atoms with van der Waals surface area (Å²) < 4.78 is 11.8. The summed E-state index contributed by atoms with van der Waals surface area (Å²) in [7, 11) is 0. The average molecular weight is 421 g/mol. The molecule has 0 radical (unpaired) electrons. The smallest absolute Gasteiger partial charge is 0.262 e. The number of hydrogen-bond donors (Lipinski definition) is 2. The predicted octanol–water partition coefficient (Wildman–Crippen LogP) is 4.29. The lowest BCUT2D eigenvalue weighted by atomic mass is 10.1. The molecule has 0 saturated carbocycles. The van der Waals surface area contributed by atoms with Crippen LogP contribution in [0.15, 0.2) is 40.0 Å². The van der Waals surface area contributed by atoms with Gasteiger partial charge in [0.1, 0.15) is 0 Å². The van der Waals surface area contributed by atoms with E-state index in [9.17, 15) is 4.79 Å². The molecule has 0 spiro atoms. The van der Waals surface area contributed by atoms with Crippen molar-refractivity contribution in [2.75, 3.05) is 18.5 Å². The first-order chi connectivity index (χ1) is 12.5. The maximum absolute atomic E-state index is 12.3. The molecule has 0 aromatic heterocycles. The van der Waals surface area contributed by atoms with Gasteiger partial charge in [-0.15, -0.1) is 0 Å². The minimum absolute atomic E-state index is 0.167. The van der Waals surface area contributed by atoms with Crippen molar-refractivity contribution in [3.63, 3.8) is 0 Å². The molecule has 0 fully saturated rings. The molecule has 2 aromatic carbocycles. The Morgan fingerprint density at radius 3 is 2.77 bits per heavy atom. The van der Waals surface area contributed by atoms with Crippen LogP contribution in [0.5, 0.6) is 11.5 Å². The van der Waals surface area contributed by atoms with E-state index < -0.39 is 0 Å². The number of benzene rings is 2. The van der Waals surface area contributed by atoms with Gasteiger partial charge in [-0.25, -0.2) is 0 Å². The lowest BCUT2D eigenvalue weighted by Crippen LogP contribution is -2.21. The number of aryl methyl sites for hydroxylation is 1. The van der Waals surface area contributed by atoms with Gasteiger partial charge in [-0.3, -0.25) is 4.79 Å². The summed E-state index contributed by atoms with van der Waals surface area (Å²) in [6.45, 7) is 6.05. The van der Waals surface area contributed by atoms with Crippen molar-refractivity contribution in [1.29, 1.82) is 0 Å². The molecule has 0 saturated heterocycles. The highest BCUT2D eigenvalue weighted by atomic mass is 79.9. The molecule has 2 aromatic rings. The maximum Gasteiger partial charge on any atom is 0.262 e. The van der Waals surface area contributed by atoms with E-state index in [1.54, 1.807) is 12.1 Å². The second-order valence-corrected chi connectivity index (χ2v) is 6.45. The van der Waals surface area contributed by atoms with Crippen molar-refractivity contribution in [3.8, 4) is 11.5 Å². The molecule has 0 heterocycles. The van der Waals surface area contributed by atoms with Crippen LogP contribution in [0.4, 0.5) is 5.69 Å². The van der Waals surface area contributed by atoms with Gasteiger partial charge in [-0.1, -0.05) is 17.3 Å². The van der Waals surface area contributed by atoms with Crippen LogP contribution in [0.1, 0.15) is 23.6 Å². The summed E-state index contributed by atoms with van der Waals surface area (Å²) >= 11 is 3.40. The van der Waals surface area contributed by atoms with Gasteiger partial charge < -0.3 is 20.0 Å². The van der Waals surface area contributed by atoms with E-state index in [1.807, 2.05) is 39.0 Å². The Balaban J connectivity index is 2.12. The minimum Gasteiger partial charge on any atom is -0.490 e. The van der Waals surface area contributed by atoms with Crippen LogP contribution < -0.4 is 14.8 Å². The number of ether oxygens (including phenoxy) is 2. The van der Waals surface area contributed by atoms with Gasteiger partial charge in [-0.05, 0) is 66.0 Å². The fraction of sp³-hybridized carbons (Fsp3) is 0.263. The van der Waals surface area contributed by atoms with Crippen LogP contribution in [-0.2, 0) is 4.79 Å². The highest BCUT2D eigenvalue weighted by Gasteiger charge is 2.14. The van der Waals surface area contributed by atoms with Crippen molar-refractivity contribution >= 4 is 33.7 Å². The number of amides is 1. The van der Waals surface area contributed by atoms with Crippen molar-refractivity contribution in [3.05, 3.63) is 51.5 Å². The molecule has 6 nitrogen and oxygen atoms in total. The first-order valence-corrected chi connectivity index (χ1v) is 8.88. The van der Waals surface area contributed by atoms with Crippen molar-refractivity contribution in [2.45, 2.75) is 20.8 Å². The number of carbonyl (C=O) groups is 1. The van der Waals surface area contributed by atoms with Gasteiger partial charge in [0.05, 0.1) is 17.3 Å². The Kier molecular flexibility index (Phi) is 7.03. The van der Waals surface area contributed by atoms with E-state index in [2.05, 4.69) is 26.4 Å². The largest absolute Gasteiger partial charge is 0.490 e. The number of oxime groups is 1. The van der Waals surface area contributed by atoms with Crippen LogP contribution in [0.3, 0.4) is 0 Å². The van der Waals surface area contributed by atoms with E-state index in [0.29, 0.717) is 28.1 Å². The molecule has 7 heteroatoms. The first kappa shape index (κ1) is 19.8. The normalized spacial score (nSPS) is 10.8. The highest BCUT2D eigenvalue weighted by Crippen LogP contribution is 2.36. The number of halogens is 1. The molecular weight excluding hydrogens is 400 g/mol. The number of carbonyl (C=O) groups excluding carboxylic acids is 1. The Morgan fingerprint density at radius 1 is 1.31 bits per heavy atom. The van der Waals surface area contributed by atoms with Crippen molar-refractivity contribution < 1.29 is 19.5 Å². The molecule has 0 atom stereocenters. The van der Waals surface area contributed by atoms with Crippen LogP contribution in [0.2, 0.25) is 0 Å². The minimum atomic E-state index is -0.269. The molecule has 0 bridgehead atoms. The number of rotatable bonds is 7. The van der Waals surface area contributed by atoms with Gasteiger partial charge in [0.15, 0.2) is 18.1 Å². The lowest BCUT2D eigenvalue weighted by molar-refractivity contribution is -0.118. The monoisotopic (exact) mass is 420 g/mol. The summed E-state index contributed by atoms with van der Waals surface area (Å²) in [6, 6.07) is 9.12. The zero-order chi connectivity index (χ0) is 19.1. The Bertz CT molecular complexity index is 821. The molecule has 2 rings (SSSR count). The summed E-state index contributed by atoms with van der Waals surface area (Å²) in [4.78, 5) is 12.3. The molecule has 26 heavy (non-hydrogen) atoms. The molecule has 1 amide bonds. The Morgan fingerprint density at radius 2 is 2.08 bits per heavy atom. The van der Waals surface area contributed by atoms with E-state index in [1.165, 1.54) is 6.21 Å². The topological polar surface area (TPSA) is 80.2 Å². The third kappa shape index (κ3) is 4.98. The molecule has 0 aliphatic heterocycles. The predicted molar refractivity (Wildman–Crippen MR) is 105 cm³/mol. The number of anilines is 1.